The predicted molar refractivity (Wildman–Crippen MR) is 66.7 cm³/mol. The zero-order valence-electron chi connectivity index (χ0n) is 10.2. The first-order valence-corrected chi connectivity index (χ1v) is 6.89. The molecule has 0 aromatic heterocycles. The second kappa shape index (κ2) is 6.10. The summed E-state index contributed by atoms with van der Waals surface area (Å²) in [6.07, 6.45) is 0. The molecule has 0 amide bonds. The lowest BCUT2D eigenvalue weighted by molar-refractivity contribution is 0.234. The molecule has 0 fully saturated rings. The van der Waals surface area contributed by atoms with E-state index in [0.29, 0.717) is 12.2 Å². The third-order valence-electron chi connectivity index (χ3n) is 2.31. The maximum Gasteiger partial charge on any atom is 0.341 e. The van der Waals surface area contributed by atoms with Gasteiger partial charge in [-0.2, -0.15) is 8.78 Å². The van der Waals surface area contributed by atoms with Crippen molar-refractivity contribution >= 4 is 15.5 Å². The van der Waals surface area contributed by atoms with Gasteiger partial charge in [0.25, 0.3) is 0 Å². The highest BCUT2D eigenvalue weighted by molar-refractivity contribution is 7.91. The fourth-order valence-corrected chi connectivity index (χ4v) is 2.01. The number of anilines is 1. The second-order valence-corrected chi connectivity index (χ2v) is 5.98. The number of alkyl halides is 2. The van der Waals surface area contributed by atoms with Crippen LogP contribution in [0.1, 0.15) is 0 Å². The van der Waals surface area contributed by atoms with Crippen LogP contribution >= 0.6 is 0 Å². The van der Waals surface area contributed by atoms with Crippen LogP contribution in [0.15, 0.2) is 29.2 Å². The van der Waals surface area contributed by atoms with Crippen LogP contribution in [0.4, 0.5) is 14.5 Å². The van der Waals surface area contributed by atoms with Gasteiger partial charge in [0.1, 0.15) is 0 Å². The number of benzene rings is 1. The fraction of sp³-hybridized carbons (Fsp3) is 0.455. The minimum atomic E-state index is -4.50. The van der Waals surface area contributed by atoms with Crippen molar-refractivity contribution in [1.82, 2.24) is 4.90 Å². The van der Waals surface area contributed by atoms with Crippen LogP contribution in [0, 0.1) is 0 Å². The van der Waals surface area contributed by atoms with Crippen molar-refractivity contribution < 1.29 is 17.2 Å². The summed E-state index contributed by atoms with van der Waals surface area (Å²) in [6, 6.07) is 5.31. The number of hydrogen-bond acceptors (Lipinski definition) is 4. The normalized spacial score (nSPS) is 12.1. The number of nitrogens with one attached hydrogen (secondary N) is 1. The fourth-order valence-electron chi connectivity index (χ4n) is 1.29. The molecule has 0 heterocycles. The lowest BCUT2D eigenvalue weighted by atomic mass is 10.3. The zero-order valence-corrected chi connectivity index (χ0v) is 11.0. The second-order valence-electron chi connectivity index (χ2n) is 4.06. The van der Waals surface area contributed by atoms with Crippen LogP contribution < -0.4 is 5.32 Å². The Morgan fingerprint density at radius 3 is 2.22 bits per heavy atom. The van der Waals surface area contributed by atoms with E-state index < -0.39 is 15.6 Å². The molecule has 1 rings (SSSR count). The van der Waals surface area contributed by atoms with E-state index >= 15 is 0 Å². The van der Waals surface area contributed by atoms with Gasteiger partial charge in [-0.05, 0) is 38.4 Å². The lowest BCUT2D eigenvalue weighted by Gasteiger charge is -2.11. The molecule has 0 unspecified atom stereocenters. The van der Waals surface area contributed by atoms with Crippen molar-refractivity contribution in [3.63, 3.8) is 0 Å². The van der Waals surface area contributed by atoms with E-state index in [-0.39, 0.29) is 4.90 Å². The molecule has 102 valence electrons. The Labute approximate surface area is 106 Å². The number of sulfone groups is 1. The standard InChI is InChI=1S/C11H16F2N2O2S/c1-15(2)8-7-14-9-3-5-10(6-4-9)18(16,17)11(12)13/h3-6,11,14H,7-8H2,1-2H3. The van der Waals surface area contributed by atoms with E-state index in [1.54, 1.807) is 0 Å². The summed E-state index contributed by atoms with van der Waals surface area (Å²) in [6.45, 7) is 1.50. The molecule has 0 atom stereocenters. The Balaban J connectivity index is 2.69. The number of hydrogen-bond donors (Lipinski definition) is 1. The summed E-state index contributed by atoms with van der Waals surface area (Å²) >= 11 is 0. The summed E-state index contributed by atoms with van der Waals surface area (Å²) in [5, 5.41) is 3.06. The molecule has 0 aliphatic heterocycles. The summed E-state index contributed by atoms with van der Waals surface area (Å²) in [5.74, 6) is -3.38. The Morgan fingerprint density at radius 2 is 1.78 bits per heavy atom. The molecule has 0 saturated heterocycles. The van der Waals surface area contributed by atoms with E-state index in [1.165, 1.54) is 24.3 Å². The Morgan fingerprint density at radius 1 is 1.22 bits per heavy atom. The zero-order chi connectivity index (χ0) is 13.8. The van der Waals surface area contributed by atoms with E-state index in [4.69, 9.17) is 0 Å². The highest BCUT2D eigenvalue weighted by Crippen LogP contribution is 2.20. The maximum absolute atomic E-state index is 12.3. The van der Waals surface area contributed by atoms with Crippen molar-refractivity contribution in [3.8, 4) is 0 Å². The summed E-state index contributed by atoms with van der Waals surface area (Å²) in [5.41, 5.74) is 0.699. The van der Waals surface area contributed by atoms with Crippen molar-refractivity contribution in [2.24, 2.45) is 0 Å². The number of nitrogens with zero attached hydrogens (tertiary/aromatic N) is 1. The topological polar surface area (TPSA) is 49.4 Å². The average molecular weight is 278 g/mol. The minimum absolute atomic E-state index is 0.365. The molecule has 0 saturated carbocycles. The van der Waals surface area contributed by atoms with Crippen LogP contribution in [0.25, 0.3) is 0 Å². The molecule has 0 radical (unpaired) electrons. The largest absolute Gasteiger partial charge is 0.384 e. The van der Waals surface area contributed by atoms with Crippen LogP contribution in [-0.4, -0.2) is 46.3 Å². The quantitative estimate of drug-likeness (QED) is 0.859. The van der Waals surface area contributed by atoms with Gasteiger partial charge in [-0.25, -0.2) is 8.42 Å². The molecular formula is C11H16F2N2O2S. The van der Waals surface area contributed by atoms with Crippen molar-refractivity contribution in [2.75, 3.05) is 32.5 Å². The van der Waals surface area contributed by atoms with Crippen LogP contribution in [-0.2, 0) is 9.84 Å². The summed E-state index contributed by atoms with van der Waals surface area (Å²) in [4.78, 5) is 1.62. The Hall–Kier alpha value is -1.21. The van der Waals surface area contributed by atoms with Gasteiger partial charge >= 0.3 is 5.76 Å². The molecule has 0 bridgehead atoms. The van der Waals surface area contributed by atoms with E-state index in [2.05, 4.69) is 5.32 Å². The molecule has 18 heavy (non-hydrogen) atoms. The van der Waals surface area contributed by atoms with Crippen molar-refractivity contribution in [1.29, 1.82) is 0 Å². The van der Waals surface area contributed by atoms with E-state index in [1.807, 2.05) is 19.0 Å². The van der Waals surface area contributed by atoms with Gasteiger partial charge in [0.2, 0.25) is 9.84 Å². The van der Waals surface area contributed by atoms with Gasteiger partial charge < -0.3 is 10.2 Å². The van der Waals surface area contributed by atoms with Crippen LogP contribution in [0.2, 0.25) is 0 Å². The molecule has 1 N–H and O–H groups in total. The third kappa shape index (κ3) is 3.92. The summed E-state index contributed by atoms with van der Waals surface area (Å²) in [7, 11) is -0.636. The lowest BCUT2D eigenvalue weighted by Crippen LogP contribution is -2.20. The van der Waals surface area contributed by atoms with Crippen LogP contribution in [0.3, 0.4) is 0 Å². The summed E-state index contributed by atoms with van der Waals surface area (Å²) < 4.78 is 46.9. The van der Waals surface area contributed by atoms with Gasteiger partial charge in [0.15, 0.2) is 0 Å². The smallest absolute Gasteiger partial charge is 0.341 e. The molecule has 1 aromatic rings. The van der Waals surface area contributed by atoms with Gasteiger partial charge in [-0.3, -0.25) is 0 Å². The predicted octanol–water partition coefficient (Wildman–Crippen LogP) is 1.66. The number of halogens is 2. The first kappa shape index (κ1) is 14.8. The highest BCUT2D eigenvalue weighted by Gasteiger charge is 2.26. The average Bonchev–Trinajstić information content (AvgIpc) is 2.29. The number of likely N-dealkylation sites (N-methyl/N-ethyl adjacent to an activating group) is 1. The molecular weight excluding hydrogens is 262 g/mol. The Kier molecular flexibility index (Phi) is 5.03. The van der Waals surface area contributed by atoms with Crippen molar-refractivity contribution in [3.05, 3.63) is 24.3 Å². The first-order chi connectivity index (χ1) is 8.34. The molecule has 0 aliphatic rings. The molecule has 4 nitrogen and oxygen atoms in total. The Bertz CT molecular complexity index is 472. The van der Waals surface area contributed by atoms with Gasteiger partial charge in [0, 0.05) is 18.8 Å². The monoisotopic (exact) mass is 278 g/mol. The highest BCUT2D eigenvalue weighted by atomic mass is 32.2. The third-order valence-corrected chi connectivity index (χ3v) is 3.70. The minimum Gasteiger partial charge on any atom is -0.384 e. The molecule has 1 aromatic carbocycles. The van der Waals surface area contributed by atoms with Crippen molar-refractivity contribution in [2.45, 2.75) is 10.7 Å². The SMILES string of the molecule is CN(C)CCNc1ccc(S(=O)(=O)C(F)F)cc1. The van der Waals surface area contributed by atoms with Gasteiger partial charge in [-0.1, -0.05) is 0 Å². The first-order valence-electron chi connectivity index (χ1n) is 5.35. The van der Waals surface area contributed by atoms with Gasteiger partial charge in [0.05, 0.1) is 4.90 Å². The van der Waals surface area contributed by atoms with E-state index in [9.17, 15) is 17.2 Å². The number of rotatable bonds is 6. The molecule has 0 aliphatic carbocycles. The van der Waals surface area contributed by atoms with Crippen LogP contribution in [0.5, 0.6) is 0 Å². The molecule has 0 spiro atoms. The van der Waals surface area contributed by atoms with E-state index in [0.717, 1.165) is 6.54 Å². The molecule has 7 heteroatoms. The van der Waals surface area contributed by atoms with Gasteiger partial charge in [-0.15, -0.1) is 0 Å². The maximum atomic E-state index is 12.3.